The van der Waals surface area contributed by atoms with Gasteiger partial charge >= 0.3 is 0 Å². The lowest BCUT2D eigenvalue weighted by atomic mass is 10.1. The van der Waals surface area contributed by atoms with E-state index in [-0.39, 0.29) is 12.3 Å². The van der Waals surface area contributed by atoms with Crippen LogP contribution >= 0.6 is 15.9 Å². The van der Waals surface area contributed by atoms with Crippen LogP contribution < -0.4 is 10.6 Å². The third-order valence-electron chi connectivity index (χ3n) is 2.85. The fourth-order valence-electron chi connectivity index (χ4n) is 1.90. The van der Waals surface area contributed by atoms with Gasteiger partial charge in [-0.2, -0.15) is 0 Å². The van der Waals surface area contributed by atoms with E-state index in [0.717, 1.165) is 15.9 Å². The number of pyridine rings is 1. The van der Waals surface area contributed by atoms with Crippen LogP contribution in [0.25, 0.3) is 0 Å². The molecule has 17 heavy (non-hydrogen) atoms. The molecule has 2 rings (SSSR count). The number of hydrogen-bond donors (Lipinski definition) is 1. The highest BCUT2D eigenvalue weighted by molar-refractivity contribution is 9.10. The smallest absolute Gasteiger partial charge is 0.227 e. The third-order valence-corrected chi connectivity index (χ3v) is 3.28. The van der Waals surface area contributed by atoms with Crippen molar-refractivity contribution in [1.29, 1.82) is 0 Å². The molecule has 0 aliphatic carbocycles. The zero-order chi connectivity index (χ0) is 12.6. The number of amides is 2. The molecule has 2 amide bonds. The van der Waals surface area contributed by atoms with Gasteiger partial charge in [-0.1, -0.05) is 0 Å². The zero-order valence-electron chi connectivity index (χ0n) is 9.31. The zero-order valence-corrected chi connectivity index (χ0v) is 10.9. The first-order valence-corrected chi connectivity index (χ1v) is 6.00. The largest absolute Gasteiger partial charge is 0.369 e. The minimum Gasteiger partial charge on any atom is -0.369 e. The molecule has 2 N–H and O–H groups in total. The summed E-state index contributed by atoms with van der Waals surface area (Å²) in [6.07, 6.45) is 1.85. The lowest BCUT2D eigenvalue weighted by Crippen LogP contribution is -2.29. The van der Waals surface area contributed by atoms with E-state index in [1.54, 1.807) is 11.1 Å². The summed E-state index contributed by atoms with van der Waals surface area (Å²) in [5.41, 5.74) is 6.71. The predicted octanol–water partition coefficient (Wildman–Crippen LogP) is 0.991. The number of primary amides is 1. The molecule has 1 unspecified atom stereocenters. The minimum atomic E-state index is -0.429. The number of aromatic nitrogens is 1. The number of aryl methyl sites for hydroxylation is 1. The summed E-state index contributed by atoms with van der Waals surface area (Å²) in [5, 5.41) is 0. The second-order valence-electron chi connectivity index (χ2n) is 4.07. The summed E-state index contributed by atoms with van der Waals surface area (Å²) in [4.78, 5) is 28.7. The van der Waals surface area contributed by atoms with Gasteiger partial charge in [0.05, 0.1) is 17.3 Å². The molecule has 0 aromatic carbocycles. The van der Waals surface area contributed by atoms with Gasteiger partial charge in [0.15, 0.2) is 0 Å². The highest BCUT2D eigenvalue weighted by Crippen LogP contribution is 2.28. The van der Waals surface area contributed by atoms with Gasteiger partial charge in [0, 0.05) is 23.6 Å². The van der Waals surface area contributed by atoms with Crippen LogP contribution in [-0.2, 0) is 9.59 Å². The van der Waals surface area contributed by atoms with Gasteiger partial charge in [0.25, 0.3) is 0 Å². The Morgan fingerprint density at radius 1 is 1.65 bits per heavy atom. The topological polar surface area (TPSA) is 76.3 Å². The van der Waals surface area contributed by atoms with Gasteiger partial charge < -0.3 is 10.6 Å². The molecule has 6 heteroatoms. The fraction of sp³-hybridized carbons (Fsp3) is 0.364. The Balaban J connectivity index is 2.32. The van der Waals surface area contributed by atoms with E-state index in [1.165, 1.54) is 0 Å². The molecule has 1 aliphatic heterocycles. The summed E-state index contributed by atoms with van der Waals surface area (Å²) < 4.78 is 0.799. The highest BCUT2D eigenvalue weighted by atomic mass is 79.9. The Kier molecular flexibility index (Phi) is 3.15. The summed E-state index contributed by atoms with van der Waals surface area (Å²) in [6, 6.07) is 1.82. The van der Waals surface area contributed by atoms with E-state index in [0.29, 0.717) is 6.54 Å². The Bertz CT molecular complexity index is 490. The molecule has 0 saturated carbocycles. The van der Waals surface area contributed by atoms with Crippen molar-refractivity contribution < 1.29 is 9.59 Å². The molecule has 1 aromatic heterocycles. The molecule has 0 radical (unpaired) electrons. The summed E-state index contributed by atoms with van der Waals surface area (Å²) in [5.74, 6) is -0.917. The number of hydrogen-bond acceptors (Lipinski definition) is 3. The van der Waals surface area contributed by atoms with E-state index < -0.39 is 11.8 Å². The van der Waals surface area contributed by atoms with Gasteiger partial charge in [-0.05, 0) is 28.9 Å². The first kappa shape index (κ1) is 12.0. The van der Waals surface area contributed by atoms with Gasteiger partial charge in [-0.25, -0.2) is 0 Å². The van der Waals surface area contributed by atoms with Crippen molar-refractivity contribution in [2.45, 2.75) is 13.3 Å². The first-order chi connectivity index (χ1) is 7.99. The molecular weight excluding hydrogens is 286 g/mol. The van der Waals surface area contributed by atoms with Crippen molar-refractivity contribution >= 4 is 33.4 Å². The van der Waals surface area contributed by atoms with E-state index >= 15 is 0 Å². The number of halogens is 1. The molecule has 90 valence electrons. The van der Waals surface area contributed by atoms with Crippen LogP contribution in [0.4, 0.5) is 5.69 Å². The van der Waals surface area contributed by atoms with Crippen molar-refractivity contribution in [2.24, 2.45) is 11.7 Å². The lowest BCUT2D eigenvalue weighted by Gasteiger charge is -2.18. The van der Waals surface area contributed by atoms with Crippen molar-refractivity contribution in [1.82, 2.24) is 4.98 Å². The summed E-state index contributed by atoms with van der Waals surface area (Å²) >= 11 is 3.32. The van der Waals surface area contributed by atoms with Crippen LogP contribution in [0.1, 0.15) is 12.1 Å². The molecule has 1 aliphatic rings. The SMILES string of the molecule is Cc1ncc(Br)cc1N1CC(C(N)=O)CC1=O. The number of carbonyl (C=O) groups excluding carboxylic acids is 2. The van der Waals surface area contributed by atoms with Crippen LogP contribution in [0.3, 0.4) is 0 Å². The van der Waals surface area contributed by atoms with E-state index in [4.69, 9.17) is 5.73 Å². The maximum absolute atomic E-state index is 11.8. The van der Waals surface area contributed by atoms with Gasteiger partial charge in [-0.3, -0.25) is 14.6 Å². The van der Waals surface area contributed by atoms with Crippen molar-refractivity contribution in [3.8, 4) is 0 Å². The second-order valence-corrected chi connectivity index (χ2v) is 4.98. The molecule has 1 aromatic rings. The van der Waals surface area contributed by atoms with E-state index in [9.17, 15) is 9.59 Å². The Labute approximate surface area is 107 Å². The monoisotopic (exact) mass is 297 g/mol. The van der Waals surface area contributed by atoms with Crippen LogP contribution in [0.2, 0.25) is 0 Å². The standard InChI is InChI=1S/C11H12BrN3O2/c1-6-9(3-8(12)4-14-6)15-5-7(11(13)17)2-10(15)16/h3-4,7H,2,5H2,1H3,(H2,13,17). The van der Waals surface area contributed by atoms with Crippen LogP contribution in [0, 0.1) is 12.8 Å². The van der Waals surface area contributed by atoms with Crippen LogP contribution in [0.5, 0.6) is 0 Å². The number of nitrogens with two attached hydrogens (primary N) is 1. The van der Waals surface area contributed by atoms with Crippen LogP contribution in [-0.4, -0.2) is 23.3 Å². The molecular formula is C11H12BrN3O2. The summed E-state index contributed by atoms with van der Waals surface area (Å²) in [6.45, 7) is 2.17. The Morgan fingerprint density at radius 3 is 2.94 bits per heavy atom. The molecule has 5 nitrogen and oxygen atoms in total. The van der Waals surface area contributed by atoms with E-state index in [1.807, 2.05) is 13.0 Å². The molecule has 0 bridgehead atoms. The molecule has 2 heterocycles. The normalized spacial score (nSPS) is 19.8. The Morgan fingerprint density at radius 2 is 2.35 bits per heavy atom. The highest BCUT2D eigenvalue weighted by Gasteiger charge is 2.34. The molecule has 0 spiro atoms. The quantitative estimate of drug-likeness (QED) is 0.884. The number of nitrogens with zero attached hydrogens (tertiary/aromatic N) is 2. The van der Waals surface area contributed by atoms with Crippen molar-refractivity contribution in [3.05, 3.63) is 22.4 Å². The van der Waals surface area contributed by atoms with Gasteiger partial charge in [-0.15, -0.1) is 0 Å². The fourth-order valence-corrected chi connectivity index (χ4v) is 2.22. The van der Waals surface area contributed by atoms with Gasteiger partial charge in [0.1, 0.15) is 0 Å². The third kappa shape index (κ3) is 2.31. The van der Waals surface area contributed by atoms with Crippen molar-refractivity contribution in [3.63, 3.8) is 0 Å². The molecule has 1 fully saturated rings. The maximum Gasteiger partial charge on any atom is 0.227 e. The maximum atomic E-state index is 11.8. The molecule has 1 atom stereocenters. The average Bonchev–Trinajstić information content (AvgIpc) is 2.64. The van der Waals surface area contributed by atoms with Crippen molar-refractivity contribution in [2.75, 3.05) is 11.4 Å². The average molecular weight is 298 g/mol. The van der Waals surface area contributed by atoms with Gasteiger partial charge in [0.2, 0.25) is 11.8 Å². The Hall–Kier alpha value is -1.43. The first-order valence-electron chi connectivity index (χ1n) is 5.21. The lowest BCUT2D eigenvalue weighted by molar-refractivity contribution is -0.123. The number of carbonyl (C=O) groups is 2. The number of rotatable bonds is 2. The van der Waals surface area contributed by atoms with E-state index in [2.05, 4.69) is 20.9 Å². The van der Waals surface area contributed by atoms with Crippen LogP contribution in [0.15, 0.2) is 16.7 Å². The number of anilines is 1. The molecule has 1 saturated heterocycles. The summed E-state index contributed by atoms with van der Waals surface area (Å²) in [7, 11) is 0. The predicted molar refractivity (Wildman–Crippen MR) is 66.3 cm³/mol. The minimum absolute atomic E-state index is 0.0863. The second kappa shape index (κ2) is 4.44.